The van der Waals surface area contributed by atoms with E-state index < -0.39 is 0 Å². The van der Waals surface area contributed by atoms with Crippen molar-refractivity contribution >= 4 is 11.7 Å². The first-order valence-electron chi connectivity index (χ1n) is 8.74. The summed E-state index contributed by atoms with van der Waals surface area (Å²) in [5.74, 6) is 0.751. The van der Waals surface area contributed by atoms with E-state index in [0.717, 1.165) is 45.1 Å². The maximum Gasteiger partial charge on any atom is 0.274 e. The minimum absolute atomic E-state index is 0.00938. The summed E-state index contributed by atoms with van der Waals surface area (Å²) >= 11 is 0. The van der Waals surface area contributed by atoms with Crippen LogP contribution in [-0.4, -0.2) is 96.3 Å². The maximum absolute atomic E-state index is 12.5. The Morgan fingerprint density at radius 2 is 1.79 bits per heavy atom. The fraction of sp³-hybridized carbons (Fsp3) is 0.706. The SMILES string of the molecule is CC(C)N1CCN(C2CN(C(=O)c3ccc(N(C)C)nn3)C2)CC1. The Morgan fingerprint density at radius 1 is 1.12 bits per heavy atom. The molecule has 1 aromatic heterocycles. The van der Waals surface area contributed by atoms with Crippen LogP contribution in [0.5, 0.6) is 0 Å². The smallest absolute Gasteiger partial charge is 0.274 e. The third-order valence-corrected chi connectivity index (χ3v) is 5.07. The Morgan fingerprint density at radius 3 is 2.29 bits per heavy atom. The molecule has 2 aliphatic rings. The molecule has 1 amide bonds. The first-order valence-corrected chi connectivity index (χ1v) is 8.74. The van der Waals surface area contributed by atoms with Gasteiger partial charge in [0, 0.05) is 65.4 Å². The largest absolute Gasteiger partial charge is 0.361 e. The van der Waals surface area contributed by atoms with Crippen LogP contribution in [0, 0.1) is 0 Å². The minimum Gasteiger partial charge on any atom is -0.361 e. The van der Waals surface area contributed by atoms with Crippen molar-refractivity contribution in [1.29, 1.82) is 0 Å². The van der Waals surface area contributed by atoms with Crippen LogP contribution in [0.2, 0.25) is 0 Å². The van der Waals surface area contributed by atoms with Gasteiger partial charge in [-0.1, -0.05) is 0 Å². The molecule has 0 aromatic carbocycles. The van der Waals surface area contributed by atoms with Crippen molar-refractivity contribution in [3.63, 3.8) is 0 Å². The van der Waals surface area contributed by atoms with Gasteiger partial charge in [-0.15, -0.1) is 10.2 Å². The Balaban J connectivity index is 1.49. The number of hydrogen-bond acceptors (Lipinski definition) is 6. The van der Waals surface area contributed by atoms with Gasteiger partial charge in [-0.05, 0) is 26.0 Å². The molecule has 0 bridgehead atoms. The van der Waals surface area contributed by atoms with Crippen molar-refractivity contribution in [3.05, 3.63) is 17.8 Å². The highest BCUT2D eigenvalue weighted by Crippen LogP contribution is 2.20. The molecule has 7 nitrogen and oxygen atoms in total. The van der Waals surface area contributed by atoms with Gasteiger partial charge < -0.3 is 9.80 Å². The number of carbonyl (C=O) groups is 1. The molecule has 0 N–H and O–H groups in total. The Bertz CT molecular complexity index is 559. The predicted octanol–water partition coefficient (Wildman–Crippen LogP) is 0.393. The lowest BCUT2D eigenvalue weighted by Gasteiger charge is -2.48. The van der Waals surface area contributed by atoms with E-state index in [2.05, 4.69) is 33.8 Å². The van der Waals surface area contributed by atoms with E-state index in [1.54, 1.807) is 6.07 Å². The molecule has 1 aromatic rings. The van der Waals surface area contributed by atoms with Gasteiger partial charge in [-0.2, -0.15) is 0 Å². The zero-order valence-electron chi connectivity index (χ0n) is 15.1. The van der Waals surface area contributed by atoms with Crippen molar-refractivity contribution in [2.45, 2.75) is 25.9 Å². The number of carbonyl (C=O) groups excluding carboxylic acids is 1. The van der Waals surface area contributed by atoms with Crippen LogP contribution >= 0.6 is 0 Å². The van der Waals surface area contributed by atoms with E-state index in [1.807, 2.05) is 30.0 Å². The van der Waals surface area contributed by atoms with Gasteiger partial charge in [0.15, 0.2) is 11.5 Å². The molecule has 0 atom stereocenters. The number of amides is 1. The van der Waals surface area contributed by atoms with E-state index in [9.17, 15) is 4.79 Å². The van der Waals surface area contributed by atoms with Crippen molar-refractivity contribution < 1.29 is 4.79 Å². The molecule has 0 unspecified atom stereocenters. The number of piperazine rings is 1. The van der Waals surface area contributed by atoms with Crippen LogP contribution in [0.3, 0.4) is 0 Å². The summed E-state index contributed by atoms with van der Waals surface area (Å²) in [6.07, 6.45) is 0. The Kier molecular flexibility index (Phi) is 5.01. The second kappa shape index (κ2) is 7.03. The normalized spacial score (nSPS) is 20.3. The molecule has 3 heterocycles. The average molecular weight is 332 g/mol. The summed E-state index contributed by atoms with van der Waals surface area (Å²) in [4.78, 5) is 21.2. The summed E-state index contributed by atoms with van der Waals surface area (Å²) in [6.45, 7) is 10.6. The molecule has 0 aliphatic carbocycles. The highest BCUT2D eigenvalue weighted by Gasteiger charge is 2.37. The molecule has 3 rings (SSSR count). The number of hydrogen-bond donors (Lipinski definition) is 0. The highest BCUT2D eigenvalue weighted by atomic mass is 16.2. The van der Waals surface area contributed by atoms with E-state index in [4.69, 9.17) is 0 Å². The van der Waals surface area contributed by atoms with Gasteiger partial charge in [0.25, 0.3) is 5.91 Å². The Labute approximate surface area is 144 Å². The van der Waals surface area contributed by atoms with Crippen molar-refractivity contribution in [2.75, 3.05) is 58.3 Å². The zero-order chi connectivity index (χ0) is 17.3. The molecule has 2 saturated heterocycles. The summed E-state index contributed by atoms with van der Waals surface area (Å²) in [5.41, 5.74) is 0.434. The van der Waals surface area contributed by atoms with E-state index in [-0.39, 0.29) is 5.91 Å². The Hall–Kier alpha value is -1.73. The van der Waals surface area contributed by atoms with Crippen LogP contribution in [0.4, 0.5) is 5.82 Å². The second-order valence-corrected chi connectivity index (χ2v) is 7.20. The van der Waals surface area contributed by atoms with Crippen LogP contribution in [0.25, 0.3) is 0 Å². The molecule has 0 radical (unpaired) electrons. The molecule has 2 fully saturated rings. The third kappa shape index (κ3) is 3.52. The lowest BCUT2D eigenvalue weighted by atomic mass is 10.0. The van der Waals surface area contributed by atoms with Crippen LogP contribution in [0.15, 0.2) is 12.1 Å². The number of likely N-dealkylation sites (tertiary alicyclic amines) is 1. The van der Waals surface area contributed by atoms with Gasteiger partial charge in [0.2, 0.25) is 0 Å². The summed E-state index contributed by atoms with van der Waals surface area (Å²) in [5, 5.41) is 8.15. The van der Waals surface area contributed by atoms with Crippen molar-refractivity contribution in [3.8, 4) is 0 Å². The lowest BCUT2D eigenvalue weighted by Crippen LogP contribution is -2.64. The molecule has 0 saturated carbocycles. The van der Waals surface area contributed by atoms with E-state index in [1.165, 1.54) is 0 Å². The van der Waals surface area contributed by atoms with Crippen LogP contribution < -0.4 is 4.90 Å². The summed E-state index contributed by atoms with van der Waals surface area (Å²) in [6, 6.07) is 4.72. The monoisotopic (exact) mass is 332 g/mol. The molecule has 132 valence electrons. The quantitative estimate of drug-likeness (QED) is 0.795. The standard InChI is InChI=1S/C17H28N6O/c1-13(2)21-7-9-22(10-8-21)14-11-23(12-14)17(24)15-5-6-16(19-18-15)20(3)4/h5-6,13-14H,7-12H2,1-4H3. The molecule has 24 heavy (non-hydrogen) atoms. The third-order valence-electron chi connectivity index (χ3n) is 5.07. The van der Waals surface area contributed by atoms with Gasteiger partial charge >= 0.3 is 0 Å². The topological polar surface area (TPSA) is 55.8 Å². The number of rotatable bonds is 4. The highest BCUT2D eigenvalue weighted by molar-refractivity contribution is 5.92. The fourth-order valence-corrected chi connectivity index (χ4v) is 3.31. The summed E-state index contributed by atoms with van der Waals surface area (Å²) in [7, 11) is 3.81. The van der Waals surface area contributed by atoms with Crippen molar-refractivity contribution in [2.24, 2.45) is 0 Å². The van der Waals surface area contributed by atoms with E-state index in [0.29, 0.717) is 17.8 Å². The summed E-state index contributed by atoms with van der Waals surface area (Å²) < 4.78 is 0. The number of anilines is 1. The lowest BCUT2D eigenvalue weighted by molar-refractivity contribution is 0.00283. The molecule has 0 spiro atoms. The van der Waals surface area contributed by atoms with Crippen LogP contribution in [-0.2, 0) is 0 Å². The van der Waals surface area contributed by atoms with E-state index >= 15 is 0 Å². The average Bonchev–Trinajstić information content (AvgIpc) is 2.54. The number of nitrogens with zero attached hydrogens (tertiary/aromatic N) is 6. The minimum atomic E-state index is -0.00938. The molecular weight excluding hydrogens is 304 g/mol. The first-order chi connectivity index (χ1) is 11.5. The van der Waals surface area contributed by atoms with Gasteiger partial charge in [0.05, 0.1) is 0 Å². The molecular formula is C17H28N6O. The van der Waals surface area contributed by atoms with Gasteiger partial charge in [-0.25, -0.2) is 0 Å². The first kappa shape index (κ1) is 17.1. The van der Waals surface area contributed by atoms with Gasteiger partial charge in [-0.3, -0.25) is 14.6 Å². The van der Waals surface area contributed by atoms with Crippen molar-refractivity contribution in [1.82, 2.24) is 24.9 Å². The molecule has 7 heteroatoms. The van der Waals surface area contributed by atoms with Crippen LogP contribution in [0.1, 0.15) is 24.3 Å². The molecule has 2 aliphatic heterocycles. The zero-order valence-corrected chi connectivity index (χ0v) is 15.1. The fourth-order valence-electron chi connectivity index (χ4n) is 3.31. The second-order valence-electron chi connectivity index (χ2n) is 7.20. The van der Waals surface area contributed by atoms with Gasteiger partial charge in [0.1, 0.15) is 0 Å². The number of aromatic nitrogens is 2. The predicted molar refractivity (Wildman–Crippen MR) is 94.3 cm³/mol. The maximum atomic E-state index is 12.5.